The van der Waals surface area contributed by atoms with Gasteiger partial charge < -0.3 is 9.47 Å². The van der Waals surface area contributed by atoms with Crippen LogP contribution in [0.25, 0.3) is 16.9 Å². The number of ether oxygens (including phenoxy) is 2. The van der Waals surface area contributed by atoms with Gasteiger partial charge in [0.15, 0.2) is 0 Å². The van der Waals surface area contributed by atoms with Crippen molar-refractivity contribution in [2.45, 2.75) is 6.92 Å². The number of fused-ring (bicyclic) bond motifs is 1. The van der Waals surface area contributed by atoms with Gasteiger partial charge in [0.2, 0.25) is 5.65 Å². The fraction of sp³-hybridized carbons (Fsp3) is 0.200. The molecular weight excluding hydrogens is 254 g/mol. The Balaban J connectivity index is 2.06. The molecule has 20 heavy (non-hydrogen) atoms. The Morgan fingerprint density at radius 2 is 1.95 bits per heavy atom. The molecule has 0 aliphatic carbocycles. The topological polar surface area (TPSA) is 48.7 Å². The molecule has 3 rings (SSSR count). The van der Waals surface area contributed by atoms with E-state index in [2.05, 4.69) is 9.97 Å². The third kappa shape index (κ3) is 2.07. The molecule has 0 saturated heterocycles. The maximum Gasteiger partial charge on any atom is 0.258 e. The summed E-state index contributed by atoms with van der Waals surface area (Å²) in [5.41, 5.74) is 2.76. The molecular formula is C15H15N3O2. The summed E-state index contributed by atoms with van der Waals surface area (Å²) in [5.74, 6) is 1.38. The van der Waals surface area contributed by atoms with Gasteiger partial charge in [-0.25, -0.2) is 9.97 Å². The first-order chi connectivity index (χ1) is 9.83. The zero-order valence-electron chi connectivity index (χ0n) is 11.4. The number of hydrogen-bond acceptors (Lipinski definition) is 4. The number of methoxy groups -OCH3 is 1. The number of rotatable bonds is 4. The highest BCUT2D eigenvalue weighted by Gasteiger charge is 2.10. The molecule has 0 amide bonds. The van der Waals surface area contributed by atoms with Crippen LogP contribution in [0.3, 0.4) is 0 Å². The number of imidazole rings is 1. The van der Waals surface area contributed by atoms with Crippen LogP contribution in [-0.4, -0.2) is 28.1 Å². The van der Waals surface area contributed by atoms with Crippen molar-refractivity contribution in [3.63, 3.8) is 0 Å². The zero-order valence-corrected chi connectivity index (χ0v) is 11.4. The van der Waals surface area contributed by atoms with Crippen molar-refractivity contribution in [2.75, 3.05) is 13.7 Å². The van der Waals surface area contributed by atoms with Crippen LogP contribution in [0.2, 0.25) is 0 Å². The highest BCUT2D eigenvalue weighted by atomic mass is 16.5. The molecule has 2 aromatic heterocycles. The van der Waals surface area contributed by atoms with Gasteiger partial charge in [0.1, 0.15) is 5.75 Å². The van der Waals surface area contributed by atoms with Gasteiger partial charge in [-0.15, -0.1) is 0 Å². The molecule has 0 bridgehead atoms. The second-order valence-corrected chi connectivity index (χ2v) is 4.23. The van der Waals surface area contributed by atoms with Gasteiger partial charge in [-0.3, -0.25) is 4.40 Å². The Kier molecular flexibility index (Phi) is 3.25. The SMILES string of the molecule is CCOc1ccc(-c2cnc3c(OC)nccn23)cc1. The second kappa shape index (κ2) is 5.21. The summed E-state index contributed by atoms with van der Waals surface area (Å²) in [4.78, 5) is 8.51. The molecule has 0 unspecified atom stereocenters. The second-order valence-electron chi connectivity index (χ2n) is 4.23. The number of hydrogen-bond donors (Lipinski definition) is 0. The van der Waals surface area contributed by atoms with Crippen molar-refractivity contribution in [1.29, 1.82) is 0 Å². The monoisotopic (exact) mass is 269 g/mol. The Labute approximate surface area is 116 Å². The first-order valence-electron chi connectivity index (χ1n) is 6.42. The van der Waals surface area contributed by atoms with Crippen LogP contribution in [-0.2, 0) is 0 Å². The number of nitrogens with zero attached hydrogens (tertiary/aromatic N) is 3. The molecule has 0 N–H and O–H groups in total. The molecule has 0 aliphatic heterocycles. The summed E-state index contributed by atoms with van der Waals surface area (Å²) in [5, 5.41) is 0. The quantitative estimate of drug-likeness (QED) is 0.730. The van der Waals surface area contributed by atoms with E-state index in [0.717, 1.165) is 17.0 Å². The standard InChI is InChI=1S/C15H15N3O2/c1-3-20-12-6-4-11(5-7-12)13-10-17-14-15(19-2)16-8-9-18(13)14/h4-10H,3H2,1-2H3. The first kappa shape index (κ1) is 12.5. The zero-order chi connectivity index (χ0) is 13.9. The molecule has 5 heteroatoms. The Morgan fingerprint density at radius 3 is 2.65 bits per heavy atom. The van der Waals surface area contributed by atoms with Gasteiger partial charge in [0.25, 0.3) is 5.88 Å². The summed E-state index contributed by atoms with van der Waals surface area (Å²) in [6.07, 6.45) is 5.39. The van der Waals surface area contributed by atoms with E-state index in [0.29, 0.717) is 18.1 Å². The van der Waals surface area contributed by atoms with Gasteiger partial charge in [0, 0.05) is 18.0 Å². The fourth-order valence-corrected chi connectivity index (χ4v) is 2.14. The maximum absolute atomic E-state index is 5.45. The van der Waals surface area contributed by atoms with Crippen molar-refractivity contribution >= 4 is 5.65 Å². The van der Waals surface area contributed by atoms with Gasteiger partial charge in [-0.2, -0.15) is 0 Å². The van der Waals surface area contributed by atoms with Gasteiger partial charge in [-0.1, -0.05) is 0 Å². The molecule has 5 nitrogen and oxygen atoms in total. The molecule has 0 saturated carbocycles. The highest BCUT2D eigenvalue weighted by Crippen LogP contribution is 2.25. The van der Waals surface area contributed by atoms with E-state index in [1.807, 2.05) is 48.0 Å². The van der Waals surface area contributed by atoms with E-state index in [9.17, 15) is 0 Å². The molecule has 1 aromatic carbocycles. The fourth-order valence-electron chi connectivity index (χ4n) is 2.14. The normalized spacial score (nSPS) is 10.7. The lowest BCUT2D eigenvalue weighted by Gasteiger charge is -2.06. The van der Waals surface area contributed by atoms with Crippen molar-refractivity contribution < 1.29 is 9.47 Å². The Hall–Kier alpha value is -2.56. The number of benzene rings is 1. The lowest BCUT2D eigenvalue weighted by atomic mass is 10.1. The van der Waals surface area contributed by atoms with Crippen LogP contribution in [0, 0.1) is 0 Å². The van der Waals surface area contributed by atoms with Gasteiger partial charge in [0.05, 0.1) is 25.6 Å². The molecule has 102 valence electrons. The van der Waals surface area contributed by atoms with E-state index in [4.69, 9.17) is 9.47 Å². The Bertz CT molecular complexity index is 720. The van der Waals surface area contributed by atoms with E-state index >= 15 is 0 Å². The molecule has 0 atom stereocenters. The van der Waals surface area contributed by atoms with Gasteiger partial charge >= 0.3 is 0 Å². The molecule has 2 heterocycles. The Morgan fingerprint density at radius 1 is 1.15 bits per heavy atom. The number of aromatic nitrogens is 3. The van der Waals surface area contributed by atoms with Crippen molar-refractivity contribution in [1.82, 2.24) is 14.4 Å². The van der Waals surface area contributed by atoms with E-state index in [1.165, 1.54) is 0 Å². The van der Waals surface area contributed by atoms with Crippen LogP contribution in [0.5, 0.6) is 11.6 Å². The minimum atomic E-state index is 0.518. The minimum Gasteiger partial charge on any atom is -0.494 e. The third-order valence-corrected chi connectivity index (χ3v) is 3.05. The first-order valence-corrected chi connectivity index (χ1v) is 6.42. The largest absolute Gasteiger partial charge is 0.494 e. The molecule has 3 aromatic rings. The summed E-state index contributed by atoms with van der Waals surface area (Å²) in [7, 11) is 1.59. The van der Waals surface area contributed by atoms with Crippen LogP contribution < -0.4 is 9.47 Å². The predicted octanol–water partition coefficient (Wildman–Crippen LogP) is 2.80. The van der Waals surface area contributed by atoms with Gasteiger partial charge in [-0.05, 0) is 31.2 Å². The summed E-state index contributed by atoms with van der Waals surface area (Å²) < 4.78 is 12.6. The average Bonchev–Trinajstić information content (AvgIpc) is 2.92. The highest BCUT2D eigenvalue weighted by molar-refractivity contribution is 5.66. The summed E-state index contributed by atoms with van der Waals surface area (Å²) in [6, 6.07) is 7.94. The maximum atomic E-state index is 5.45. The molecule has 0 radical (unpaired) electrons. The van der Waals surface area contributed by atoms with Crippen LogP contribution >= 0.6 is 0 Å². The van der Waals surface area contributed by atoms with E-state index < -0.39 is 0 Å². The van der Waals surface area contributed by atoms with Crippen LogP contribution in [0.1, 0.15) is 6.92 Å². The predicted molar refractivity (Wildman–Crippen MR) is 76.1 cm³/mol. The smallest absolute Gasteiger partial charge is 0.258 e. The van der Waals surface area contributed by atoms with Crippen molar-refractivity contribution in [2.24, 2.45) is 0 Å². The molecule has 0 spiro atoms. The summed E-state index contributed by atoms with van der Waals surface area (Å²) >= 11 is 0. The lowest BCUT2D eigenvalue weighted by Crippen LogP contribution is -1.95. The van der Waals surface area contributed by atoms with Crippen molar-refractivity contribution in [3.05, 3.63) is 42.9 Å². The third-order valence-electron chi connectivity index (χ3n) is 3.05. The lowest BCUT2D eigenvalue weighted by molar-refractivity contribution is 0.340. The minimum absolute atomic E-state index is 0.518. The van der Waals surface area contributed by atoms with E-state index in [-0.39, 0.29) is 0 Å². The summed E-state index contributed by atoms with van der Waals surface area (Å²) in [6.45, 7) is 2.63. The van der Waals surface area contributed by atoms with Crippen LogP contribution in [0.4, 0.5) is 0 Å². The average molecular weight is 269 g/mol. The van der Waals surface area contributed by atoms with Crippen LogP contribution in [0.15, 0.2) is 42.9 Å². The molecule has 0 aliphatic rings. The van der Waals surface area contributed by atoms with E-state index in [1.54, 1.807) is 13.3 Å². The van der Waals surface area contributed by atoms with Crippen molar-refractivity contribution in [3.8, 4) is 22.9 Å². The molecule has 0 fully saturated rings.